The molecule has 1 atom stereocenters. The summed E-state index contributed by atoms with van der Waals surface area (Å²) in [6.07, 6.45) is 0.720. The molecule has 3 aromatic rings. The molecule has 4 heteroatoms. The Kier molecular flexibility index (Phi) is 7.02. The van der Waals surface area contributed by atoms with E-state index in [1.807, 2.05) is 74.5 Å². The number of carbonyl (C=O) groups is 2. The van der Waals surface area contributed by atoms with Gasteiger partial charge in [0.15, 0.2) is 6.10 Å². The summed E-state index contributed by atoms with van der Waals surface area (Å²) in [5.74, 6) is -0.850. The number of carbonyl (C=O) groups excluding carboxylic acids is 2. The van der Waals surface area contributed by atoms with E-state index in [2.05, 4.69) is 5.32 Å². The fraction of sp³-hybridized carbons (Fsp3) is 0.231. The molecule has 3 aromatic carbocycles. The van der Waals surface area contributed by atoms with E-state index in [0.29, 0.717) is 5.56 Å². The van der Waals surface area contributed by atoms with Crippen LogP contribution < -0.4 is 5.32 Å². The second kappa shape index (κ2) is 9.88. The van der Waals surface area contributed by atoms with Crippen LogP contribution in [-0.2, 0) is 22.4 Å². The molecule has 3 rings (SSSR count). The molecule has 0 aromatic heterocycles. The van der Waals surface area contributed by atoms with Crippen molar-refractivity contribution in [2.45, 2.75) is 39.7 Å². The fourth-order valence-corrected chi connectivity index (χ4v) is 3.34. The third-order valence-corrected chi connectivity index (χ3v) is 5.13. The summed E-state index contributed by atoms with van der Waals surface area (Å²) in [5.41, 5.74) is 5.46. The first-order chi connectivity index (χ1) is 14.5. The lowest BCUT2D eigenvalue weighted by atomic mass is 10.0. The number of amides is 1. The van der Waals surface area contributed by atoms with Crippen LogP contribution in [0.25, 0.3) is 11.1 Å². The van der Waals surface area contributed by atoms with Gasteiger partial charge in [-0.3, -0.25) is 4.79 Å². The number of ether oxygens (including phenoxy) is 1. The highest BCUT2D eigenvalue weighted by molar-refractivity contribution is 5.98. The zero-order valence-corrected chi connectivity index (χ0v) is 17.6. The highest BCUT2D eigenvalue weighted by atomic mass is 16.5. The second-order valence-corrected chi connectivity index (χ2v) is 7.14. The first kappa shape index (κ1) is 21.3. The molecule has 30 heavy (non-hydrogen) atoms. The SMILES string of the molecule is CCc1cccc(CC)c1NC(=O)[C@@H](C)OC(=O)c1ccc(-c2ccccc2)cc1. The van der Waals surface area contributed by atoms with Gasteiger partial charge in [0.05, 0.1) is 5.56 Å². The first-order valence-electron chi connectivity index (χ1n) is 10.3. The number of hydrogen-bond acceptors (Lipinski definition) is 3. The molecule has 0 bridgehead atoms. The van der Waals surface area contributed by atoms with Crippen molar-refractivity contribution < 1.29 is 14.3 Å². The van der Waals surface area contributed by atoms with Gasteiger partial charge in [-0.05, 0) is 54.2 Å². The van der Waals surface area contributed by atoms with Gasteiger partial charge < -0.3 is 10.1 Å². The molecule has 0 heterocycles. The third-order valence-electron chi connectivity index (χ3n) is 5.13. The topological polar surface area (TPSA) is 55.4 Å². The average Bonchev–Trinajstić information content (AvgIpc) is 2.79. The minimum atomic E-state index is -0.902. The monoisotopic (exact) mass is 401 g/mol. The standard InChI is InChI=1S/C26H27NO3/c1-4-19-12-9-13-20(5-2)24(19)27-25(28)18(3)30-26(29)23-16-14-22(15-17-23)21-10-7-6-8-11-21/h6-18H,4-5H2,1-3H3,(H,27,28)/t18-/m1/s1. The molecule has 0 saturated carbocycles. The molecular formula is C26H27NO3. The van der Waals surface area contributed by atoms with Crippen LogP contribution in [0.4, 0.5) is 5.69 Å². The zero-order chi connectivity index (χ0) is 21.5. The van der Waals surface area contributed by atoms with E-state index >= 15 is 0 Å². The molecule has 1 N–H and O–H groups in total. The van der Waals surface area contributed by atoms with Crippen molar-refractivity contribution >= 4 is 17.6 Å². The van der Waals surface area contributed by atoms with Gasteiger partial charge in [-0.25, -0.2) is 4.79 Å². The van der Waals surface area contributed by atoms with E-state index in [9.17, 15) is 9.59 Å². The Bertz CT molecular complexity index is 988. The van der Waals surface area contributed by atoms with Crippen LogP contribution in [0.2, 0.25) is 0 Å². The van der Waals surface area contributed by atoms with E-state index in [4.69, 9.17) is 4.74 Å². The lowest BCUT2D eigenvalue weighted by Crippen LogP contribution is -2.30. The van der Waals surface area contributed by atoms with E-state index in [1.54, 1.807) is 19.1 Å². The largest absolute Gasteiger partial charge is 0.449 e. The van der Waals surface area contributed by atoms with Crippen LogP contribution in [0.3, 0.4) is 0 Å². The Hall–Kier alpha value is -3.40. The van der Waals surface area contributed by atoms with Crippen molar-refractivity contribution in [3.63, 3.8) is 0 Å². The summed E-state index contributed by atoms with van der Waals surface area (Å²) in [7, 11) is 0. The van der Waals surface area contributed by atoms with Crippen molar-refractivity contribution in [3.05, 3.63) is 89.5 Å². The van der Waals surface area contributed by atoms with Gasteiger partial charge in [0.1, 0.15) is 0 Å². The minimum Gasteiger partial charge on any atom is -0.449 e. The lowest BCUT2D eigenvalue weighted by molar-refractivity contribution is -0.123. The summed E-state index contributed by atoms with van der Waals surface area (Å²) in [6.45, 7) is 5.69. The average molecular weight is 402 g/mol. The van der Waals surface area contributed by atoms with E-state index in [-0.39, 0.29) is 5.91 Å². The maximum absolute atomic E-state index is 12.7. The Balaban J connectivity index is 1.66. The quantitative estimate of drug-likeness (QED) is 0.520. The van der Waals surface area contributed by atoms with Gasteiger partial charge in [0, 0.05) is 5.69 Å². The van der Waals surface area contributed by atoms with E-state index in [1.165, 1.54) is 0 Å². The van der Waals surface area contributed by atoms with Gasteiger partial charge in [-0.2, -0.15) is 0 Å². The van der Waals surface area contributed by atoms with Gasteiger partial charge in [0.25, 0.3) is 5.91 Å². The van der Waals surface area contributed by atoms with Gasteiger partial charge in [-0.15, -0.1) is 0 Å². The molecule has 0 fully saturated rings. The Morgan fingerprint density at radius 2 is 1.37 bits per heavy atom. The second-order valence-electron chi connectivity index (χ2n) is 7.14. The maximum Gasteiger partial charge on any atom is 0.338 e. The molecule has 0 aliphatic carbocycles. The maximum atomic E-state index is 12.7. The summed E-state index contributed by atoms with van der Waals surface area (Å²) in [5, 5.41) is 2.95. The van der Waals surface area contributed by atoms with Gasteiger partial charge in [0.2, 0.25) is 0 Å². The number of nitrogens with one attached hydrogen (secondary N) is 1. The molecule has 0 aliphatic rings. The summed E-state index contributed by atoms with van der Waals surface area (Å²) in [6, 6.07) is 23.1. The van der Waals surface area contributed by atoms with Crippen molar-refractivity contribution in [2.24, 2.45) is 0 Å². The smallest absolute Gasteiger partial charge is 0.338 e. The number of rotatable bonds is 7. The predicted octanol–water partition coefficient (Wildman–Crippen LogP) is 5.66. The molecule has 0 spiro atoms. The lowest BCUT2D eigenvalue weighted by Gasteiger charge is -2.18. The molecule has 0 saturated heterocycles. The van der Waals surface area contributed by atoms with Crippen LogP contribution >= 0.6 is 0 Å². The number of benzene rings is 3. The van der Waals surface area contributed by atoms with Crippen molar-refractivity contribution in [1.82, 2.24) is 0 Å². The summed E-state index contributed by atoms with van der Waals surface area (Å²) >= 11 is 0. The summed E-state index contributed by atoms with van der Waals surface area (Å²) in [4.78, 5) is 25.2. The fourth-order valence-electron chi connectivity index (χ4n) is 3.34. The predicted molar refractivity (Wildman–Crippen MR) is 121 cm³/mol. The van der Waals surface area contributed by atoms with Crippen LogP contribution in [0, 0.1) is 0 Å². The van der Waals surface area contributed by atoms with E-state index < -0.39 is 12.1 Å². The third kappa shape index (κ3) is 4.95. The molecule has 4 nitrogen and oxygen atoms in total. The van der Waals surface area contributed by atoms with Crippen molar-refractivity contribution in [1.29, 1.82) is 0 Å². The molecule has 0 radical (unpaired) electrons. The van der Waals surface area contributed by atoms with E-state index in [0.717, 1.165) is 40.8 Å². The van der Waals surface area contributed by atoms with Crippen LogP contribution in [0.1, 0.15) is 42.3 Å². The number of esters is 1. The normalized spacial score (nSPS) is 11.6. The zero-order valence-electron chi connectivity index (χ0n) is 17.6. The Morgan fingerprint density at radius 3 is 1.93 bits per heavy atom. The number of para-hydroxylation sites is 1. The molecule has 1 amide bonds. The Morgan fingerprint density at radius 1 is 0.800 bits per heavy atom. The minimum absolute atomic E-state index is 0.333. The number of aryl methyl sites for hydroxylation is 2. The molecule has 154 valence electrons. The van der Waals surface area contributed by atoms with Gasteiger partial charge in [-0.1, -0.05) is 74.5 Å². The number of hydrogen-bond donors (Lipinski definition) is 1. The van der Waals surface area contributed by atoms with Crippen LogP contribution in [-0.4, -0.2) is 18.0 Å². The van der Waals surface area contributed by atoms with Crippen molar-refractivity contribution in [2.75, 3.05) is 5.32 Å². The Labute approximate surface area is 177 Å². The highest BCUT2D eigenvalue weighted by Gasteiger charge is 2.20. The van der Waals surface area contributed by atoms with Crippen LogP contribution in [0.5, 0.6) is 0 Å². The molecule has 0 unspecified atom stereocenters. The highest BCUT2D eigenvalue weighted by Crippen LogP contribution is 2.23. The first-order valence-corrected chi connectivity index (χ1v) is 10.3. The van der Waals surface area contributed by atoms with Crippen molar-refractivity contribution in [3.8, 4) is 11.1 Å². The van der Waals surface area contributed by atoms with Crippen LogP contribution in [0.15, 0.2) is 72.8 Å². The molecular weight excluding hydrogens is 374 g/mol. The van der Waals surface area contributed by atoms with Gasteiger partial charge >= 0.3 is 5.97 Å². The molecule has 0 aliphatic heterocycles. The summed E-state index contributed by atoms with van der Waals surface area (Å²) < 4.78 is 5.41. The number of anilines is 1.